The molecule has 3 unspecified atom stereocenters. The first-order valence-electron chi connectivity index (χ1n) is 11.0. The minimum absolute atomic E-state index is 0.0310. The summed E-state index contributed by atoms with van der Waals surface area (Å²) in [6.45, 7) is 0. The van der Waals surface area contributed by atoms with Crippen LogP contribution in [0.25, 0.3) is 0 Å². The van der Waals surface area contributed by atoms with Gasteiger partial charge in [0.1, 0.15) is 0 Å². The predicted molar refractivity (Wildman–Crippen MR) is 126 cm³/mol. The molecule has 0 aromatic heterocycles. The molecule has 0 spiro atoms. The van der Waals surface area contributed by atoms with E-state index in [4.69, 9.17) is 23.2 Å². The fourth-order valence-electron chi connectivity index (χ4n) is 5.34. The predicted octanol–water partition coefficient (Wildman–Crippen LogP) is 6.43. The molecule has 164 valence electrons. The second-order valence-electron chi connectivity index (χ2n) is 8.82. The summed E-state index contributed by atoms with van der Waals surface area (Å²) in [5.41, 5.74) is 2.86. The van der Waals surface area contributed by atoms with E-state index in [9.17, 15) is 8.42 Å². The lowest BCUT2D eigenvalue weighted by Crippen LogP contribution is -2.36. The molecule has 3 aliphatic rings. The van der Waals surface area contributed by atoms with Crippen LogP contribution in [0.5, 0.6) is 0 Å². The molecule has 3 atom stereocenters. The molecule has 5 rings (SSSR count). The standard InChI is InChI=1S/C24H26Cl2N2O2S/c25-20-10-5-11-21(26)23(20)24-18-9-4-8-17(18)19-14-16(12-13-22(19)27-24)31(29,30)28-15-6-2-1-3-7-15/h4-5,8,10-15,17-18,24,27-28H,1-3,6-7,9H2. The van der Waals surface area contributed by atoms with Crippen LogP contribution in [0.4, 0.5) is 5.69 Å². The van der Waals surface area contributed by atoms with Gasteiger partial charge in [-0.15, -0.1) is 0 Å². The molecule has 0 radical (unpaired) electrons. The number of hydrogen-bond acceptors (Lipinski definition) is 3. The van der Waals surface area contributed by atoms with Crippen LogP contribution in [-0.4, -0.2) is 14.5 Å². The Morgan fingerprint density at radius 2 is 1.74 bits per heavy atom. The van der Waals surface area contributed by atoms with E-state index < -0.39 is 10.0 Å². The first kappa shape index (κ1) is 21.3. The molecule has 2 aliphatic carbocycles. The summed E-state index contributed by atoms with van der Waals surface area (Å²) < 4.78 is 29.1. The Hall–Kier alpha value is -1.53. The van der Waals surface area contributed by atoms with Gasteiger partial charge in [0, 0.05) is 33.3 Å². The average Bonchev–Trinajstić information content (AvgIpc) is 3.24. The van der Waals surface area contributed by atoms with Gasteiger partial charge in [0.15, 0.2) is 0 Å². The Morgan fingerprint density at radius 3 is 2.48 bits per heavy atom. The summed E-state index contributed by atoms with van der Waals surface area (Å²) in [7, 11) is -3.55. The van der Waals surface area contributed by atoms with Gasteiger partial charge < -0.3 is 5.32 Å². The van der Waals surface area contributed by atoms with Crippen molar-refractivity contribution in [3.63, 3.8) is 0 Å². The quantitative estimate of drug-likeness (QED) is 0.499. The SMILES string of the molecule is O=S(=O)(NC1CCCCC1)c1ccc2c(c1)C1C=CCC1C(c1c(Cl)cccc1Cl)N2. The molecular formula is C24H26Cl2N2O2S. The van der Waals surface area contributed by atoms with E-state index in [0.29, 0.717) is 14.9 Å². The van der Waals surface area contributed by atoms with Gasteiger partial charge in [-0.05, 0) is 61.1 Å². The van der Waals surface area contributed by atoms with Crippen molar-refractivity contribution < 1.29 is 8.42 Å². The number of nitrogens with one attached hydrogen (secondary N) is 2. The van der Waals surface area contributed by atoms with Crippen LogP contribution in [0.3, 0.4) is 0 Å². The van der Waals surface area contributed by atoms with Crippen molar-refractivity contribution in [1.82, 2.24) is 4.72 Å². The van der Waals surface area contributed by atoms with Crippen LogP contribution in [0.15, 0.2) is 53.4 Å². The van der Waals surface area contributed by atoms with Gasteiger partial charge >= 0.3 is 0 Å². The van der Waals surface area contributed by atoms with Crippen molar-refractivity contribution in [2.75, 3.05) is 5.32 Å². The van der Waals surface area contributed by atoms with Crippen molar-refractivity contribution in [2.45, 2.75) is 61.4 Å². The highest BCUT2D eigenvalue weighted by atomic mass is 35.5. The number of hydrogen-bond donors (Lipinski definition) is 2. The summed E-state index contributed by atoms with van der Waals surface area (Å²) >= 11 is 13.1. The molecule has 1 saturated carbocycles. The van der Waals surface area contributed by atoms with Gasteiger partial charge in [0.05, 0.1) is 10.9 Å². The van der Waals surface area contributed by atoms with Gasteiger partial charge in [0.25, 0.3) is 0 Å². The largest absolute Gasteiger partial charge is 0.378 e. The van der Waals surface area contributed by atoms with Crippen molar-refractivity contribution >= 4 is 38.9 Å². The zero-order valence-electron chi connectivity index (χ0n) is 17.2. The van der Waals surface area contributed by atoms with Gasteiger partial charge in [-0.25, -0.2) is 13.1 Å². The Labute approximate surface area is 194 Å². The highest BCUT2D eigenvalue weighted by Gasteiger charge is 2.40. The fourth-order valence-corrected chi connectivity index (χ4v) is 7.31. The third-order valence-electron chi connectivity index (χ3n) is 6.88. The van der Waals surface area contributed by atoms with Crippen LogP contribution >= 0.6 is 23.2 Å². The molecule has 0 bridgehead atoms. The maximum absolute atomic E-state index is 13.1. The Balaban J connectivity index is 1.48. The van der Waals surface area contributed by atoms with Crippen molar-refractivity contribution in [2.24, 2.45) is 5.92 Å². The number of fused-ring (bicyclic) bond motifs is 3. The normalized spacial score (nSPS) is 25.7. The van der Waals surface area contributed by atoms with E-state index in [1.54, 1.807) is 6.07 Å². The highest BCUT2D eigenvalue weighted by molar-refractivity contribution is 7.89. The van der Waals surface area contributed by atoms with Crippen LogP contribution in [0.2, 0.25) is 10.0 Å². The number of benzene rings is 2. The van der Waals surface area contributed by atoms with Crippen LogP contribution < -0.4 is 10.0 Å². The zero-order chi connectivity index (χ0) is 21.6. The first-order chi connectivity index (χ1) is 14.9. The van der Waals surface area contributed by atoms with E-state index in [1.807, 2.05) is 30.3 Å². The second-order valence-corrected chi connectivity index (χ2v) is 11.3. The summed E-state index contributed by atoms with van der Waals surface area (Å²) in [4.78, 5) is 0.340. The Bertz CT molecular complexity index is 1110. The first-order valence-corrected chi connectivity index (χ1v) is 13.2. The summed E-state index contributed by atoms with van der Waals surface area (Å²) in [6.07, 6.45) is 10.4. The third kappa shape index (κ3) is 4.02. The van der Waals surface area contributed by atoms with Crippen molar-refractivity contribution in [1.29, 1.82) is 0 Å². The minimum Gasteiger partial charge on any atom is -0.378 e. The summed E-state index contributed by atoms with van der Waals surface area (Å²) in [5, 5.41) is 4.90. The van der Waals surface area contributed by atoms with Crippen LogP contribution in [-0.2, 0) is 10.0 Å². The van der Waals surface area contributed by atoms with Gasteiger partial charge in [-0.3, -0.25) is 0 Å². The lowest BCUT2D eigenvalue weighted by Gasteiger charge is -2.38. The molecular weight excluding hydrogens is 451 g/mol. The maximum atomic E-state index is 13.1. The Morgan fingerprint density at radius 1 is 1.00 bits per heavy atom. The van der Waals surface area contributed by atoms with E-state index in [1.165, 1.54) is 6.42 Å². The van der Waals surface area contributed by atoms with Gasteiger partial charge in [0.2, 0.25) is 10.0 Å². The molecule has 31 heavy (non-hydrogen) atoms. The van der Waals surface area contributed by atoms with Crippen molar-refractivity contribution in [3.05, 3.63) is 69.7 Å². The molecule has 0 saturated heterocycles. The lowest BCUT2D eigenvalue weighted by atomic mass is 9.77. The van der Waals surface area contributed by atoms with E-state index in [0.717, 1.165) is 48.9 Å². The second kappa shape index (κ2) is 8.43. The third-order valence-corrected chi connectivity index (χ3v) is 9.06. The fraction of sp³-hybridized carbons (Fsp3) is 0.417. The highest BCUT2D eigenvalue weighted by Crippen LogP contribution is 2.52. The smallest absolute Gasteiger partial charge is 0.240 e. The number of rotatable bonds is 4. The molecule has 1 aliphatic heterocycles. The molecule has 0 amide bonds. The average molecular weight is 477 g/mol. The summed E-state index contributed by atoms with van der Waals surface area (Å²) in [6, 6.07) is 11.0. The zero-order valence-corrected chi connectivity index (χ0v) is 19.5. The van der Waals surface area contributed by atoms with Crippen LogP contribution in [0, 0.1) is 5.92 Å². The molecule has 7 heteroatoms. The molecule has 2 aromatic rings. The van der Waals surface area contributed by atoms with Crippen LogP contribution in [0.1, 0.15) is 61.6 Å². The van der Waals surface area contributed by atoms with E-state index in [-0.39, 0.29) is 23.9 Å². The molecule has 1 fully saturated rings. The summed E-state index contributed by atoms with van der Waals surface area (Å²) in [5.74, 6) is 0.354. The number of halogens is 2. The minimum atomic E-state index is -3.55. The number of sulfonamides is 1. The topological polar surface area (TPSA) is 58.2 Å². The van der Waals surface area contributed by atoms with E-state index >= 15 is 0 Å². The number of anilines is 1. The molecule has 1 heterocycles. The van der Waals surface area contributed by atoms with E-state index in [2.05, 4.69) is 22.2 Å². The molecule has 2 aromatic carbocycles. The monoisotopic (exact) mass is 476 g/mol. The maximum Gasteiger partial charge on any atom is 0.240 e. The molecule has 4 nitrogen and oxygen atoms in total. The van der Waals surface area contributed by atoms with Gasteiger partial charge in [-0.2, -0.15) is 0 Å². The molecule has 2 N–H and O–H groups in total. The lowest BCUT2D eigenvalue weighted by molar-refractivity contribution is 0.411. The Kier molecular flexibility index (Phi) is 5.80. The van der Waals surface area contributed by atoms with Gasteiger partial charge in [-0.1, -0.05) is 60.7 Å². The number of allylic oxidation sites excluding steroid dienone is 2. The van der Waals surface area contributed by atoms with Crippen molar-refractivity contribution in [3.8, 4) is 0 Å².